The Morgan fingerprint density at radius 3 is 2.94 bits per heavy atom. The Bertz CT molecular complexity index is 442. The predicted octanol–water partition coefficient (Wildman–Crippen LogP) is 3.66. The number of benzene rings is 1. The molecule has 1 aliphatic rings. The van der Waals surface area contributed by atoms with Gasteiger partial charge in [0.15, 0.2) is 5.78 Å². The molecule has 0 fully saturated rings. The molecule has 1 aromatic rings. The van der Waals surface area contributed by atoms with Crippen LogP contribution in [0.25, 0.3) is 0 Å². The lowest BCUT2D eigenvalue weighted by atomic mass is 9.97. The van der Waals surface area contributed by atoms with Crippen molar-refractivity contribution in [3.63, 3.8) is 0 Å². The van der Waals surface area contributed by atoms with Gasteiger partial charge in [0.25, 0.3) is 0 Å². The third-order valence-corrected chi connectivity index (χ3v) is 3.64. The first-order valence-electron chi connectivity index (χ1n) is 6.69. The van der Waals surface area contributed by atoms with Crippen LogP contribution >= 0.6 is 11.6 Å². The minimum Gasteiger partial charge on any atom is -0.371 e. The number of fused-ring (bicyclic) bond motifs is 1. The summed E-state index contributed by atoms with van der Waals surface area (Å²) >= 11 is 5.88. The van der Waals surface area contributed by atoms with Gasteiger partial charge in [-0.3, -0.25) is 4.79 Å². The second-order valence-corrected chi connectivity index (χ2v) is 5.57. The lowest BCUT2D eigenvalue weighted by molar-refractivity contribution is 0.0992. The highest BCUT2D eigenvalue weighted by Crippen LogP contribution is 2.29. The van der Waals surface area contributed by atoms with Gasteiger partial charge in [-0.15, -0.1) is 11.6 Å². The quantitative estimate of drug-likeness (QED) is 0.612. The van der Waals surface area contributed by atoms with Crippen molar-refractivity contribution in [2.24, 2.45) is 0 Å². The maximum atomic E-state index is 11.9. The van der Waals surface area contributed by atoms with Crippen LogP contribution in [-0.4, -0.2) is 24.2 Å². The van der Waals surface area contributed by atoms with E-state index >= 15 is 0 Å². The molecule has 0 N–H and O–H groups in total. The van der Waals surface area contributed by atoms with Gasteiger partial charge in [-0.05, 0) is 37.8 Å². The molecule has 98 valence electrons. The number of anilines is 1. The smallest absolute Gasteiger partial charge is 0.180 e. The minimum atomic E-state index is -0.453. The van der Waals surface area contributed by atoms with E-state index in [2.05, 4.69) is 17.9 Å². The molecule has 0 aromatic heterocycles. The van der Waals surface area contributed by atoms with Crippen molar-refractivity contribution < 1.29 is 4.79 Å². The monoisotopic (exact) mass is 265 g/mol. The lowest BCUT2D eigenvalue weighted by Crippen LogP contribution is -2.30. The van der Waals surface area contributed by atoms with Crippen LogP contribution in [-0.2, 0) is 6.42 Å². The summed E-state index contributed by atoms with van der Waals surface area (Å²) < 4.78 is 0. The first kappa shape index (κ1) is 13.4. The molecular weight excluding hydrogens is 246 g/mol. The Morgan fingerprint density at radius 2 is 2.28 bits per heavy atom. The van der Waals surface area contributed by atoms with Gasteiger partial charge in [0.2, 0.25) is 0 Å². The second kappa shape index (κ2) is 5.75. The molecule has 0 radical (unpaired) electrons. The van der Waals surface area contributed by atoms with Crippen molar-refractivity contribution in [2.75, 3.05) is 18.0 Å². The lowest BCUT2D eigenvalue weighted by Gasteiger charge is -2.31. The zero-order valence-corrected chi connectivity index (χ0v) is 11.8. The first-order valence-corrected chi connectivity index (χ1v) is 7.13. The fourth-order valence-corrected chi connectivity index (χ4v) is 2.66. The number of halogens is 1. The molecule has 0 amide bonds. The van der Waals surface area contributed by atoms with Gasteiger partial charge in [0.1, 0.15) is 0 Å². The highest BCUT2D eigenvalue weighted by Gasteiger charge is 2.19. The summed E-state index contributed by atoms with van der Waals surface area (Å²) in [4.78, 5) is 14.3. The van der Waals surface area contributed by atoms with E-state index in [0.29, 0.717) is 0 Å². The van der Waals surface area contributed by atoms with Crippen LogP contribution in [0.1, 0.15) is 42.6 Å². The summed E-state index contributed by atoms with van der Waals surface area (Å²) in [6.07, 6.45) is 3.44. The maximum absolute atomic E-state index is 11.9. The molecule has 18 heavy (non-hydrogen) atoms. The third kappa shape index (κ3) is 2.69. The van der Waals surface area contributed by atoms with Gasteiger partial charge in [0, 0.05) is 24.3 Å². The van der Waals surface area contributed by atoms with E-state index in [9.17, 15) is 4.79 Å². The largest absolute Gasteiger partial charge is 0.371 e. The molecule has 1 heterocycles. The predicted molar refractivity (Wildman–Crippen MR) is 76.9 cm³/mol. The standard InChI is InChI=1S/C15H20ClNO/c1-3-8-17-9-4-5-12-6-7-13(10-14(12)17)15(18)11(2)16/h6-7,10-11H,3-5,8-9H2,1-2H3. The molecule has 1 aliphatic heterocycles. The summed E-state index contributed by atoms with van der Waals surface area (Å²) in [7, 11) is 0. The van der Waals surface area contributed by atoms with Crippen LogP contribution in [0.15, 0.2) is 18.2 Å². The molecular formula is C15H20ClNO. The fourth-order valence-electron chi connectivity index (χ4n) is 2.54. The number of hydrogen-bond acceptors (Lipinski definition) is 2. The number of aryl methyl sites for hydroxylation is 1. The highest BCUT2D eigenvalue weighted by molar-refractivity contribution is 6.33. The van der Waals surface area contributed by atoms with E-state index < -0.39 is 5.38 Å². The molecule has 0 saturated carbocycles. The van der Waals surface area contributed by atoms with Crippen LogP contribution in [0.4, 0.5) is 5.69 Å². The third-order valence-electron chi connectivity index (χ3n) is 3.44. The number of ketones is 1. The van der Waals surface area contributed by atoms with Crippen LogP contribution in [0.5, 0.6) is 0 Å². The van der Waals surface area contributed by atoms with E-state index in [1.165, 1.54) is 17.7 Å². The Hall–Kier alpha value is -1.02. The molecule has 0 saturated heterocycles. The molecule has 2 rings (SSSR count). The molecule has 2 nitrogen and oxygen atoms in total. The van der Waals surface area contributed by atoms with Crippen molar-refractivity contribution >= 4 is 23.1 Å². The molecule has 0 spiro atoms. The summed E-state index contributed by atoms with van der Waals surface area (Å²) in [5.41, 5.74) is 3.32. The van der Waals surface area contributed by atoms with Crippen molar-refractivity contribution in [2.45, 2.75) is 38.5 Å². The van der Waals surface area contributed by atoms with Gasteiger partial charge in [0.05, 0.1) is 5.38 Å². The summed E-state index contributed by atoms with van der Waals surface area (Å²) in [5.74, 6) is 0.0153. The van der Waals surface area contributed by atoms with Gasteiger partial charge in [-0.25, -0.2) is 0 Å². The van der Waals surface area contributed by atoms with Crippen LogP contribution in [0.2, 0.25) is 0 Å². The number of alkyl halides is 1. The van der Waals surface area contributed by atoms with Gasteiger partial charge in [-0.2, -0.15) is 0 Å². The number of nitrogens with zero attached hydrogens (tertiary/aromatic N) is 1. The minimum absolute atomic E-state index is 0.0153. The molecule has 0 bridgehead atoms. The van der Waals surface area contributed by atoms with Gasteiger partial charge < -0.3 is 4.90 Å². The van der Waals surface area contributed by atoms with Crippen LogP contribution < -0.4 is 4.90 Å². The molecule has 1 unspecified atom stereocenters. The normalized spacial score (nSPS) is 16.3. The average Bonchev–Trinajstić information content (AvgIpc) is 2.38. The highest BCUT2D eigenvalue weighted by atomic mass is 35.5. The summed E-state index contributed by atoms with van der Waals surface area (Å²) in [5, 5.41) is -0.453. The van der Waals surface area contributed by atoms with Crippen LogP contribution in [0, 0.1) is 0 Å². The van der Waals surface area contributed by atoms with E-state index in [-0.39, 0.29) is 5.78 Å². The van der Waals surface area contributed by atoms with Crippen LogP contribution in [0.3, 0.4) is 0 Å². The summed E-state index contributed by atoms with van der Waals surface area (Å²) in [6.45, 7) is 6.06. The van der Waals surface area contributed by atoms with Gasteiger partial charge in [-0.1, -0.05) is 19.1 Å². The van der Waals surface area contributed by atoms with E-state index in [4.69, 9.17) is 11.6 Å². The van der Waals surface area contributed by atoms with E-state index in [1.807, 2.05) is 12.1 Å². The Balaban J connectivity index is 2.33. The molecule has 1 atom stereocenters. The SMILES string of the molecule is CCCN1CCCc2ccc(C(=O)C(C)Cl)cc21. The number of hydrogen-bond donors (Lipinski definition) is 0. The fraction of sp³-hybridized carbons (Fsp3) is 0.533. The van der Waals surface area contributed by atoms with E-state index in [0.717, 1.165) is 31.5 Å². The summed E-state index contributed by atoms with van der Waals surface area (Å²) in [6, 6.07) is 6.02. The number of rotatable bonds is 4. The van der Waals surface area contributed by atoms with Crippen molar-refractivity contribution in [1.82, 2.24) is 0 Å². The van der Waals surface area contributed by atoms with Crippen molar-refractivity contribution in [3.8, 4) is 0 Å². The average molecular weight is 266 g/mol. The second-order valence-electron chi connectivity index (χ2n) is 4.91. The zero-order valence-electron chi connectivity index (χ0n) is 11.1. The number of carbonyl (C=O) groups is 1. The number of carbonyl (C=O) groups excluding carboxylic acids is 1. The Kier molecular flexibility index (Phi) is 4.28. The topological polar surface area (TPSA) is 20.3 Å². The zero-order chi connectivity index (χ0) is 13.1. The Labute approximate surface area is 114 Å². The van der Waals surface area contributed by atoms with Gasteiger partial charge >= 0.3 is 0 Å². The Morgan fingerprint density at radius 1 is 1.50 bits per heavy atom. The number of Topliss-reactive ketones (excluding diaryl/α,β-unsaturated/α-hetero) is 1. The first-order chi connectivity index (χ1) is 8.63. The van der Waals surface area contributed by atoms with E-state index in [1.54, 1.807) is 6.92 Å². The molecule has 3 heteroatoms. The van der Waals surface area contributed by atoms with Crippen molar-refractivity contribution in [1.29, 1.82) is 0 Å². The van der Waals surface area contributed by atoms with Crippen molar-refractivity contribution in [3.05, 3.63) is 29.3 Å². The maximum Gasteiger partial charge on any atom is 0.180 e. The molecule has 1 aromatic carbocycles. The molecule has 0 aliphatic carbocycles.